The summed E-state index contributed by atoms with van der Waals surface area (Å²) in [5, 5.41) is 11.5. The fourth-order valence-corrected chi connectivity index (χ4v) is 9.96. The van der Waals surface area contributed by atoms with Crippen LogP contribution in [0.25, 0.3) is 0 Å². The minimum absolute atomic E-state index is 0.0209. The summed E-state index contributed by atoms with van der Waals surface area (Å²) in [5.74, 6) is 5.46. The van der Waals surface area contributed by atoms with Crippen LogP contribution in [-0.2, 0) is 39.3 Å². The quantitative estimate of drug-likeness (QED) is 0.0495. The molecule has 0 saturated carbocycles. The number of unbranched alkanes of at least 4 members (excludes halogenated alkanes) is 3. The molecule has 2 aliphatic heterocycles. The Hall–Kier alpha value is -6.60. The predicted molar refractivity (Wildman–Crippen MR) is 267 cm³/mol. The van der Waals surface area contributed by atoms with Crippen LogP contribution in [0.1, 0.15) is 92.3 Å². The molecule has 370 valence electrons. The lowest BCUT2D eigenvalue weighted by Crippen LogP contribution is -2.32. The van der Waals surface area contributed by atoms with Crippen molar-refractivity contribution < 1.29 is 47.5 Å². The third-order valence-corrected chi connectivity index (χ3v) is 13.6. The highest BCUT2D eigenvalue weighted by Gasteiger charge is 2.22. The van der Waals surface area contributed by atoms with Gasteiger partial charge in [0.1, 0.15) is 44.4 Å². The van der Waals surface area contributed by atoms with Crippen molar-refractivity contribution in [2.45, 2.75) is 84.3 Å². The van der Waals surface area contributed by atoms with E-state index in [1.807, 2.05) is 90.5 Å². The molecule has 16 nitrogen and oxygen atoms in total. The number of ether oxygens (including phenoxy) is 8. The summed E-state index contributed by atoms with van der Waals surface area (Å²) in [6.07, 6.45) is 4.55. The van der Waals surface area contributed by atoms with Gasteiger partial charge in [-0.3, -0.25) is 19.4 Å². The molecule has 4 heterocycles. The Labute approximate surface area is 416 Å². The minimum Gasteiger partial charge on any atom is -0.497 e. The van der Waals surface area contributed by atoms with Crippen molar-refractivity contribution in [3.05, 3.63) is 127 Å². The number of carbonyl (C=O) groups is 2. The predicted octanol–water partition coefficient (Wildman–Crippen LogP) is 9.00. The van der Waals surface area contributed by atoms with Gasteiger partial charge in [0, 0.05) is 72.8 Å². The number of aromatic nitrogens is 2. The molecule has 70 heavy (non-hydrogen) atoms. The molecule has 0 bridgehead atoms. The van der Waals surface area contributed by atoms with Gasteiger partial charge in [-0.15, -0.1) is 22.7 Å². The van der Waals surface area contributed by atoms with E-state index in [-0.39, 0.29) is 31.4 Å². The van der Waals surface area contributed by atoms with E-state index < -0.39 is 0 Å². The van der Waals surface area contributed by atoms with Gasteiger partial charge in [-0.25, -0.2) is 9.97 Å². The zero-order chi connectivity index (χ0) is 48.8. The first kappa shape index (κ1) is 49.8. The Morgan fingerprint density at radius 1 is 0.586 bits per heavy atom. The summed E-state index contributed by atoms with van der Waals surface area (Å²) in [4.78, 5) is 40.5. The Kier molecular flexibility index (Phi) is 17.3. The molecule has 0 aliphatic carbocycles. The summed E-state index contributed by atoms with van der Waals surface area (Å²) >= 11 is 2.94. The first-order chi connectivity index (χ1) is 34.2. The average Bonchev–Trinajstić information content (AvgIpc) is 4.22. The molecule has 0 radical (unpaired) electrons. The number of nitrogens with zero attached hydrogens (tertiary/aromatic N) is 4. The number of nitrogens with one attached hydrogen (secondary N) is 2. The molecule has 8 rings (SSSR count). The largest absolute Gasteiger partial charge is 0.497 e. The minimum atomic E-state index is -0.183. The van der Waals surface area contributed by atoms with Crippen LogP contribution < -0.4 is 48.5 Å². The molecule has 2 aromatic heterocycles. The molecule has 18 heteroatoms. The Balaban J connectivity index is 0.767. The number of fused-ring (bicyclic) bond motifs is 2. The molecular formula is C52H60N6O10S2. The number of hydrogen-bond acceptors (Lipinski definition) is 16. The maximum atomic E-state index is 13.3. The standard InChI is InChI=1S/C52H60N6O10S2/c1-34(54-52(60)42-31-70-50(56-42)29-58(25-36-12-18-44-48(21-36)68-33-66-44)27-38-14-16-40(62-3)23-46(38)64-5)10-8-6-7-9-19-53-51(59)41-30-69-49(55-41)28-57(24-35-11-17-43-47(20-35)67-32-65-43)26-37-13-15-39(61-2)22-45(37)63-4/h11-18,20-23,30-31,34H,6-10,19,24-29,32-33H2,1-5H3,(H,53,59)(H,54,60). The molecule has 4 aromatic carbocycles. The average molecular weight is 993 g/mol. The number of rotatable bonds is 26. The van der Waals surface area contributed by atoms with Gasteiger partial charge in [-0.05, 0) is 67.3 Å². The second kappa shape index (κ2) is 24.3. The molecular weight excluding hydrogens is 933 g/mol. The molecule has 2 amide bonds. The van der Waals surface area contributed by atoms with Gasteiger partial charge < -0.3 is 48.5 Å². The van der Waals surface area contributed by atoms with Crippen LogP contribution in [0.2, 0.25) is 0 Å². The zero-order valence-corrected chi connectivity index (χ0v) is 41.9. The fourth-order valence-electron chi connectivity index (χ4n) is 8.33. The summed E-state index contributed by atoms with van der Waals surface area (Å²) < 4.78 is 44.6. The second-order valence-electron chi connectivity index (χ2n) is 17.1. The highest BCUT2D eigenvalue weighted by atomic mass is 32.1. The lowest BCUT2D eigenvalue weighted by atomic mass is 10.1. The first-order valence-corrected chi connectivity index (χ1v) is 25.0. The second-order valence-corrected chi connectivity index (χ2v) is 19.0. The molecule has 2 aliphatic rings. The molecule has 0 spiro atoms. The van der Waals surface area contributed by atoms with Crippen LogP contribution in [-0.4, -0.2) is 86.2 Å². The summed E-state index contributed by atoms with van der Waals surface area (Å²) in [5.41, 5.74) is 4.95. The van der Waals surface area contributed by atoms with E-state index in [0.717, 1.165) is 110 Å². The molecule has 0 fully saturated rings. The third-order valence-electron chi connectivity index (χ3n) is 12.0. The van der Waals surface area contributed by atoms with Gasteiger partial charge in [-0.2, -0.15) is 0 Å². The summed E-state index contributed by atoms with van der Waals surface area (Å²) in [6.45, 7) is 6.42. The van der Waals surface area contributed by atoms with Gasteiger partial charge in [0.2, 0.25) is 13.6 Å². The Morgan fingerprint density at radius 2 is 1.09 bits per heavy atom. The van der Waals surface area contributed by atoms with Crippen LogP contribution >= 0.6 is 22.7 Å². The van der Waals surface area contributed by atoms with E-state index in [9.17, 15) is 9.59 Å². The van der Waals surface area contributed by atoms with Crippen molar-refractivity contribution in [1.82, 2.24) is 30.4 Å². The van der Waals surface area contributed by atoms with Crippen LogP contribution in [0.4, 0.5) is 0 Å². The maximum absolute atomic E-state index is 13.3. The first-order valence-electron chi connectivity index (χ1n) is 23.3. The normalized spacial score (nSPS) is 12.8. The smallest absolute Gasteiger partial charge is 0.270 e. The topological polar surface area (TPSA) is 164 Å². The molecule has 1 atom stereocenters. The SMILES string of the molecule is COc1ccc(CN(Cc2ccc3c(c2)OCO3)Cc2nc(C(=O)NCCCCCCC(C)NC(=O)c3csc(CN(Cc4ccc5c(c4)OCO5)Cc4ccc(OC)cc4OC)n3)cs2)c(OC)c1. The van der Waals surface area contributed by atoms with E-state index in [0.29, 0.717) is 57.2 Å². The Bertz CT molecular complexity index is 2710. The monoisotopic (exact) mass is 992 g/mol. The number of carbonyl (C=O) groups excluding carboxylic acids is 2. The van der Waals surface area contributed by atoms with Crippen molar-refractivity contribution in [3.8, 4) is 46.0 Å². The van der Waals surface area contributed by atoms with Gasteiger partial charge in [0.05, 0.1) is 41.5 Å². The van der Waals surface area contributed by atoms with Crippen LogP contribution in [0.3, 0.4) is 0 Å². The van der Waals surface area contributed by atoms with E-state index >= 15 is 0 Å². The van der Waals surface area contributed by atoms with Gasteiger partial charge in [-0.1, -0.05) is 43.5 Å². The van der Waals surface area contributed by atoms with Crippen LogP contribution in [0, 0.1) is 0 Å². The van der Waals surface area contributed by atoms with Crippen molar-refractivity contribution in [2.24, 2.45) is 0 Å². The third kappa shape index (κ3) is 13.4. The highest BCUT2D eigenvalue weighted by molar-refractivity contribution is 7.10. The molecule has 0 saturated heterocycles. The van der Waals surface area contributed by atoms with E-state index in [2.05, 4.69) is 20.4 Å². The number of thiazole rings is 2. The van der Waals surface area contributed by atoms with Crippen LogP contribution in [0.15, 0.2) is 83.6 Å². The summed E-state index contributed by atoms with van der Waals surface area (Å²) in [7, 11) is 6.57. The highest BCUT2D eigenvalue weighted by Crippen LogP contribution is 2.35. The Morgan fingerprint density at radius 3 is 1.60 bits per heavy atom. The molecule has 2 N–H and O–H groups in total. The van der Waals surface area contributed by atoms with Gasteiger partial charge in [0.15, 0.2) is 23.0 Å². The van der Waals surface area contributed by atoms with Gasteiger partial charge in [0.25, 0.3) is 11.8 Å². The van der Waals surface area contributed by atoms with E-state index in [4.69, 9.17) is 47.9 Å². The summed E-state index contributed by atoms with van der Waals surface area (Å²) in [6, 6.07) is 23.5. The van der Waals surface area contributed by atoms with Crippen molar-refractivity contribution in [2.75, 3.05) is 48.6 Å². The van der Waals surface area contributed by atoms with Gasteiger partial charge >= 0.3 is 0 Å². The van der Waals surface area contributed by atoms with Crippen LogP contribution in [0.5, 0.6) is 46.0 Å². The number of amides is 2. The maximum Gasteiger partial charge on any atom is 0.270 e. The lowest BCUT2D eigenvalue weighted by Gasteiger charge is -2.23. The van der Waals surface area contributed by atoms with E-state index in [1.165, 1.54) is 22.7 Å². The number of benzene rings is 4. The lowest BCUT2D eigenvalue weighted by molar-refractivity contribution is 0.0930. The molecule has 6 aromatic rings. The number of methoxy groups -OCH3 is 4. The van der Waals surface area contributed by atoms with Crippen molar-refractivity contribution in [3.63, 3.8) is 0 Å². The number of hydrogen-bond donors (Lipinski definition) is 2. The van der Waals surface area contributed by atoms with E-state index in [1.54, 1.807) is 28.4 Å². The molecule has 1 unspecified atom stereocenters. The zero-order valence-electron chi connectivity index (χ0n) is 40.2. The fraction of sp³-hybridized carbons (Fsp3) is 0.385. The van der Waals surface area contributed by atoms with Crippen molar-refractivity contribution >= 4 is 34.5 Å². The van der Waals surface area contributed by atoms with Crippen molar-refractivity contribution in [1.29, 1.82) is 0 Å².